The maximum Gasteiger partial charge on any atom is 0.407 e. The van der Waals surface area contributed by atoms with E-state index in [-0.39, 0.29) is 18.0 Å². The van der Waals surface area contributed by atoms with Crippen molar-refractivity contribution < 1.29 is 19.2 Å². The number of benzene rings is 1. The smallest absolute Gasteiger partial charge is 0.407 e. The molecule has 0 aliphatic heterocycles. The zero-order valence-corrected chi connectivity index (χ0v) is 14.9. The first-order chi connectivity index (χ1) is 11.6. The Morgan fingerprint density at radius 1 is 1.44 bits per heavy atom. The average Bonchev–Trinajstić information content (AvgIpc) is 2.50. The van der Waals surface area contributed by atoms with Gasteiger partial charge in [0.1, 0.15) is 5.60 Å². The average molecular weight is 347 g/mol. The Kier molecular flexibility index (Phi) is 6.51. The molecule has 0 heterocycles. The summed E-state index contributed by atoms with van der Waals surface area (Å²) in [6.45, 7) is 6.90. The van der Waals surface area contributed by atoms with Crippen molar-refractivity contribution in [2.45, 2.75) is 39.8 Å². The first kappa shape index (κ1) is 20.0. The van der Waals surface area contributed by atoms with Gasteiger partial charge in [0.05, 0.1) is 18.1 Å². The summed E-state index contributed by atoms with van der Waals surface area (Å²) >= 11 is 0. The van der Waals surface area contributed by atoms with Gasteiger partial charge in [-0.15, -0.1) is 0 Å². The van der Waals surface area contributed by atoms with Gasteiger partial charge in [-0.25, -0.2) is 4.79 Å². The Labute approximate surface area is 146 Å². The van der Waals surface area contributed by atoms with Crippen LogP contribution in [0.4, 0.5) is 10.5 Å². The molecule has 25 heavy (non-hydrogen) atoms. The van der Waals surface area contributed by atoms with E-state index in [9.17, 15) is 14.9 Å². The monoisotopic (exact) mass is 347 g/mol. The van der Waals surface area contributed by atoms with E-state index in [0.29, 0.717) is 16.7 Å². The fourth-order valence-electron chi connectivity index (χ4n) is 2.09. The van der Waals surface area contributed by atoms with Crippen molar-refractivity contribution >= 4 is 17.4 Å². The summed E-state index contributed by atoms with van der Waals surface area (Å²) < 4.78 is 10.2. The third-order valence-corrected chi connectivity index (χ3v) is 3.13. The quantitative estimate of drug-likeness (QED) is 0.495. The molecule has 0 aliphatic carbocycles. The van der Waals surface area contributed by atoms with Crippen molar-refractivity contribution in [3.8, 4) is 11.8 Å². The Morgan fingerprint density at radius 2 is 2.08 bits per heavy atom. The van der Waals surface area contributed by atoms with Crippen LogP contribution in [-0.4, -0.2) is 23.7 Å². The van der Waals surface area contributed by atoms with E-state index in [4.69, 9.17) is 14.7 Å². The van der Waals surface area contributed by atoms with E-state index in [1.807, 2.05) is 6.07 Å². The SMILES string of the molecule is COc1cc(/C(C)=C/C#N)c(CNC(=O)OC(C)(C)C)cc1[N+](=O)[O-]. The lowest BCUT2D eigenvalue weighted by Crippen LogP contribution is -2.32. The maximum atomic E-state index is 11.8. The summed E-state index contributed by atoms with van der Waals surface area (Å²) in [5, 5.41) is 22.6. The molecule has 0 spiro atoms. The molecule has 0 radical (unpaired) electrons. The highest BCUT2D eigenvalue weighted by molar-refractivity contribution is 5.73. The lowest BCUT2D eigenvalue weighted by Gasteiger charge is -2.20. The molecule has 0 saturated carbocycles. The van der Waals surface area contributed by atoms with E-state index in [1.54, 1.807) is 27.7 Å². The minimum Gasteiger partial charge on any atom is -0.490 e. The lowest BCUT2D eigenvalue weighted by atomic mass is 9.99. The molecular weight excluding hydrogens is 326 g/mol. The Hall–Kier alpha value is -3.08. The minimum absolute atomic E-state index is 0.00564. The summed E-state index contributed by atoms with van der Waals surface area (Å²) in [5.74, 6) is 0.0757. The van der Waals surface area contributed by atoms with Crippen LogP contribution in [0, 0.1) is 21.4 Å². The molecule has 0 atom stereocenters. The van der Waals surface area contributed by atoms with Gasteiger partial charge in [0.15, 0.2) is 5.75 Å². The third kappa shape index (κ3) is 5.80. The zero-order valence-electron chi connectivity index (χ0n) is 14.9. The molecule has 1 N–H and O–H groups in total. The van der Waals surface area contributed by atoms with Gasteiger partial charge in [-0.1, -0.05) is 0 Å². The highest BCUT2D eigenvalue weighted by atomic mass is 16.6. The van der Waals surface area contributed by atoms with Crippen LogP contribution in [0.15, 0.2) is 18.2 Å². The van der Waals surface area contributed by atoms with Crippen LogP contribution in [0.3, 0.4) is 0 Å². The lowest BCUT2D eigenvalue weighted by molar-refractivity contribution is -0.385. The van der Waals surface area contributed by atoms with Crippen molar-refractivity contribution in [1.82, 2.24) is 5.32 Å². The molecule has 8 nitrogen and oxygen atoms in total. The van der Waals surface area contributed by atoms with E-state index in [1.165, 1.54) is 25.3 Å². The number of nitro benzene ring substituents is 1. The first-order valence-electron chi connectivity index (χ1n) is 7.48. The number of carbonyl (C=O) groups is 1. The number of hydrogen-bond acceptors (Lipinski definition) is 6. The number of nitrogens with one attached hydrogen (secondary N) is 1. The Bertz CT molecular complexity index is 742. The molecule has 0 aromatic heterocycles. The molecule has 1 aromatic rings. The van der Waals surface area contributed by atoms with Crippen molar-refractivity contribution in [3.05, 3.63) is 39.4 Å². The van der Waals surface area contributed by atoms with Gasteiger partial charge in [-0.2, -0.15) is 5.26 Å². The molecule has 8 heteroatoms. The van der Waals surface area contributed by atoms with Crippen LogP contribution in [0.1, 0.15) is 38.8 Å². The standard InChI is InChI=1S/C17H21N3O5/c1-11(6-7-18)13-9-15(24-5)14(20(22)23)8-12(13)10-19-16(21)25-17(2,3)4/h6,8-9H,10H2,1-5H3,(H,19,21)/b11-6+. The van der Waals surface area contributed by atoms with Crippen LogP contribution >= 0.6 is 0 Å². The normalized spacial score (nSPS) is 11.4. The van der Waals surface area contributed by atoms with Gasteiger partial charge in [-0.05, 0) is 50.5 Å². The fraction of sp³-hybridized carbons (Fsp3) is 0.412. The third-order valence-electron chi connectivity index (χ3n) is 3.13. The number of allylic oxidation sites excluding steroid dienone is 2. The number of carbonyl (C=O) groups excluding carboxylic acids is 1. The van der Waals surface area contributed by atoms with E-state index in [0.717, 1.165) is 0 Å². The number of nitriles is 1. The van der Waals surface area contributed by atoms with E-state index >= 15 is 0 Å². The van der Waals surface area contributed by atoms with Crippen LogP contribution in [0.2, 0.25) is 0 Å². The number of rotatable bonds is 5. The number of alkyl carbamates (subject to hydrolysis) is 1. The molecule has 1 rings (SSSR count). The number of nitrogens with zero attached hydrogens (tertiary/aromatic N) is 2. The number of ether oxygens (including phenoxy) is 2. The predicted octanol–water partition coefficient (Wildman–Crippen LogP) is 3.55. The highest BCUT2D eigenvalue weighted by Crippen LogP contribution is 2.33. The summed E-state index contributed by atoms with van der Waals surface area (Å²) in [5.41, 5.74) is 0.756. The van der Waals surface area contributed by atoms with Crippen molar-refractivity contribution in [2.75, 3.05) is 7.11 Å². The van der Waals surface area contributed by atoms with Gasteiger partial charge < -0.3 is 14.8 Å². The molecule has 1 aromatic carbocycles. The Balaban J connectivity index is 3.24. The molecule has 0 aliphatic rings. The highest BCUT2D eigenvalue weighted by Gasteiger charge is 2.21. The maximum absolute atomic E-state index is 11.8. The van der Waals surface area contributed by atoms with Crippen molar-refractivity contribution in [2.24, 2.45) is 0 Å². The van der Waals surface area contributed by atoms with Gasteiger partial charge in [-0.3, -0.25) is 10.1 Å². The molecule has 0 saturated heterocycles. The second kappa shape index (κ2) is 8.15. The van der Waals surface area contributed by atoms with Gasteiger partial charge >= 0.3 is 11.8 Å². The van der Waals surface area contributed by atoms with Crippen LogP contribution in [0.5, 0.6) is 5.75 Å². The largest absolute Gasteiger partial charge is 0.490 e. The second-order valence-electron chi connectivity index (χ2n) is 6.25. The number of nitro groups is 1. The zero-order chi connectivity index (χ0) is 19.2. The summed E-state index contributed by atoms with van der Waals surface area (Å²) in [6.07, 6.45) is 0.677. The van der Waals surface area contributed by atoms with Crippen molar-refractivity contribution in [1.29, 1.82) is 5.26 Å². The molecule has 0 bridgehead atoms. The summed E-state index contributed by atoms with van der Waals surface area (Å²) in [4.78, 5) is 22.5. The van der Waals surface area contributed by atoms with Gasteiger partial charge in [0.2, 0.25) is 0 Å². The molecule has 0 unspecified atom stereocenters. The second-order valence-corrected chi connectivity index (χ2v) is 6.25. The number of hydrogen-bond donors (Lipinski definition) is 1. The summed E-state index contributed by atoms with van der Waals surface area (Å²) in [6, 6.07) is 4.71. The molecule has 134 valence electrons. The van der Waals surface area contributed by atoms with Crippen LogP contribution in [0.25, 0.3) is 5.57 Å². The first-order valence-corrected chi connectivity index (χ1v) is 7.48. The summed E-state index contributed by atoms with van der Waals surface area (Å²) in [7, 11) is 1.33. The molecular formula is C17H21N3O5. The van der Waals surface area contributed by atoms with Gasteiger partial charge in [0.25, 0.3) is 0 Å². The van der Waals surface area contributed by atoms with E-state index in [2.05, 4.69) is 5.32 Å². The number of methoxy groups -OCH3 is 1. The number of amides is 1. The molecule has 0 fully saturated rings. The van der Waals surface area contributed by atoms with E-state index < -0.39 is 16.6 Å². The van der Waals surface area contributed by atoms with Crippen LogP contribution in [-0.2, 0) is 11.3 Å². The van der Waals surface area contributed by atoms with Crippen molar-refractivity contribution in [3.63, 3.8) is 0 Å². The Morgan fingerprint density at radius 3 is 2.56 bits per heavy atom. The van der Waals surface area contributed by atoms with Crippen LogP contribution < -0.4 is 10.1 Å². The minimum atomic E-state index is -0.657. The topological polar surface area (TPSA) is 114 Å². The van der Waals surface area contributed by atoms with Gasteiger partial charge in [0, 0.05) is 18.7 Å². The predicted molar refractivity (Wildman–Crippen MR) is 92.0 cm³/mol. The molecule has 1 amide bonds. The fourth-order valence-corrected chi connectivity index (χ4v) is 2.09.